The van der Waals surface area contributed by atoms with Gasteiger partial charge in [0, 0.05) is 6.04 Å². The van der Waals surface area contributed by atoms with Crippen LogP contribution in [0.2, 0.25) is 0 Å². The fraction of sp³-hybridized carbons (Fsp3) is 0.667. The van der Waals surface area contributed by atoms with Crippen LogP contribution in [0.4, 0.5) is 0 Å². The van der Waals surface area contributed by atoms with Crippen LogP contribution in [0, 0.1) is 11.8 Å². The monoisotopic (exact) mass is 247 g/mol. The minimum absolute atomic E-state index is 0.0278. The van der Waals surface area contributed by atoms with Crippen LogP contribution in [0.3, 0.4) is 0 Å². The lowest BCUT2D eigenvalue weighted by molar-refractivity contribution is 0.0823. The molecule has 1 heterocycles. The first kappa shape index (κ1) is 11.8. The third kappa shape index (κ3) is 2.31. The van der Waals surface area contributed by atoms with Crippen LogP contribution >= 0.6 is 0 Å². The van der Waals surface area contributed by atoms with E-state index >= 15 is 0 Å². The van der Waals surface area contributed by atoms with Gasteiger partial charge in [0.25, 0.3) is 5.91 Å². The largest absolute Gasteiger partial charge is 0.472 e. The van der Waals surface area contributed by atoms with E-state index in [0.29, 0.717) is 17.5 Å². The van der Waals surface area contributed by atoms with Gasteiger partial charge < -0.3 is 9.73 Å². The molecule has 0 aliphatic heterocycles. The molecule has 0 aromatic carbocycles. The SMILES string of the molecule is O=C(N[C@@H]1CCC[C@H]2CCCC[C@H]21)c1ccoc1. The molecule has 3 rings (SSSR count). The fourth-order valence-electron chi connectivity index (χ4n) is 3.76. The van der Waals surface area contributed by atoms with Crippen molar-refractivity contribution < 1.29 is 9.21 Å². The highest BCUT2D eigenvalue weighted by atomic mass is 16.3. The molecule has 0 saturated heterocycles. The van der Waals surface area contributed by atoms with E-state index in [-0.39, 0.29) is 5.91 Å². The Morgan fingerprint density at radius 2 is 2.00 bits per heavy atom. The molecule has 2 aliphatic rings. The molecule has 0 unspecified atom stereocenters. The molecular weight excluding hydrogens is 226 g/mol. The highest BCUT2D eigenvalue weighted by molar-refractivity contribution is 5.93. The predicted molar refractivity (Wildman–Crippen MR) is 69.3 cm³/mol. The smallest absolute Gasteiger partial charge is 0.254 e. The molecule has 18 heavy (non-hydrogen) atoms. The van der Waals surface area contributed by atoms with Gasteiger partial charge >= 0.3 is 0 Å². The first-order chi connectivity index (χ1) is 8.84. The summed E-state index contributed by atoms with van der Waals surface area (Å²) in [6.45, 7) is 0. The van der Waals surface area contributed by atoms with Crippen LogP contribution in [-0.4, -0.2) is 11.9 Å². The van der Waals surface area contributed by atoms with Crippen molar-refractivity contribution in [3.8, 4) is 0 Å². The minimum atomic E-state index is 0.0278. The second-order valence-electron chi connectivity index (χ2n) is 5.73. The number of hydrogen-bond acceptors (Lipinski definition) is 2. The Bertz CT molecular complexity index is 397. The topological polar surface area (TPSA) is 42.2 Å². The lowest BCUT2D eigenvalue weighted by Gasteiger charge is -2.41. The van der Waals surface area contributed by atoms with Gasteiger partial charge in [0.05, 0.1) is 11.8 Å². The molecule has 2 saturated carbocycles. The van der Waals surface area contributed by atoms with Crippen molar-refractivity contribution in [2.45, 2.75) is 51.0 Å². The van der Waals surface area contributed by atoms with Crippen molar-refractivity contribution in [3.63, 3.8) is 0 Å². The summed E-state index contributed by atoms with van der Waals surface area (Å²) in [5, 5.41) is 3.22. The summed E-state index contributed by atoms with van der Waals surface area (Å²) in [5.41, 5.74) is 0.646. The first-order valence-corrected chi connectivity index (χ1v) is 7.17. The van der Waals surface area contributed by atoms with Gasteiger partial charge in [0.1, 0.15) is 6.26 Å². The average Bonchev–Trinajstić information content (AvgIpc) is 2.93. The molecule has 98 valence electrons. The number of amides is 1. The quantitative estimate of drug-likeness (QED) is 0.870. The Morgan fingerprint density at radius 1 is 1.17 bits per heavy atom. The standard InChI is InChI=1S/C15H21NO2/c17-15(12-8-9-18-10-12)16-14-7-3-5-11-4-1-2-6-13(11)14/h8-11,13-14H,1-7H2,(H,16,17)/t11-,13-,14-/m1/s1. The highest BCUT2D eigenvalue weighted by Gasteiger charge is 2.35. The second-order valence-corrected chi connectivity index (χ2v) is 5.73. The van der Waals surface area contributed by atoms with E-state index in [0.717, 1.165) is 12.3 Å². The van der Waals surface area contributed by atoms with E-state index in [4.69, 9.17) is 4.42 Å². The molecule has 1 aromatic heterocycles. The molecule has 1 amide bonds. The van der Waals surface area contributed by atoms with Gasteiger partial charge in [0.15, 0.2) is 0 Å². The number of rotatable bonds is 2. The van der Waals surface area contributed by atoms with Gasteiger partial charge in [-0.25, -0.2) is 0 Å². The summed E-state index contributed by atoms with van der Waals surface area (Å²) in [6, 6.07) is 2.11. The number of fused-ring (bicyclic) bond motifs is 1. The van der Waals surface area contributed by atoms with E-state index in [1.54, 1.807) is 12.3 Å². The number of hydrogen-bond donors (Lipinski definition) is 1. The summed E-state index contributed by atoms with van der Waals surface area (Å²) in [4.78, 5) is 12.1. The number of furan rings is 1. The number of carbonyl (C=O) groups excluding carboxylic acids is 1. The predicted octanol–water partition coefficient (Wildman–Crippen LogP) is 3.37. The maximum Gasteiger partial charge on any atom is 0.254 e. The second kappa shape index (κ2) is 5.17. The maximum atomic E-state index is 12.1. The molecule has 0 bridgehead atoms. The molecule has 3 atom stereocenters. The minimum Gasteiger partial charge on any atom is -0.472 e. The van der Waals surface area contributed by atoms with E-state index in [1.807, 2.05) is 0 Å². The van der Waals surface area contributed by atoms with Crippen LogP contribution in [0.15, 0.2) is 23.0 Å². The zero-order valence-corrected chi connectivity index (χ0v) is 10.7. The van der Waals surface area contributed by atoms with Crippen LogP contribution in [0.1, 0.15) is 55.3 Å². The third-order valence-corrected chi connectivity index (χ3v) is 4.67. The average molecular weight is 247 g/mol. The zero-order valence-electron chi connectivity index (χ0n) is 10.7. The molecule has 2 fully saturated rings. The molecule has 1 N–H and O–H groups in total. The van der Waals surface area contributed by atoms with Crippen molar-refractivity contribution in [1.82, 2.24) is 5.32 Å². The number of nitrogens with one attached hydrogen (secondary N) is 1. The Kier molecular flexibility index (Phi) is 3.39. The van der Waals surface area contributed by atoms with E-state index < -0.39 is 0 Å². The van der Waals surface area contributed by atoms with E-state index in [2.05, 4.69) is 5.32 Å². The molecule has 0 radical (unpaired) electrons. The lowest BCUT2D eigenvalue weighted by atomic mass is 9.68. The fourth-order valence-corrected chi connectivity index (χ4v) is 3.76. The van der Waals surface area contributed by atoms with Gasteiger partial charge in [0.2, 0.25) is 0 Å². The molecular formula is C15H21NO2. The first-order valence-electron chi connectivity index (χ1n) is 7.17. The molecule has 1 aromatic rings. The molecule has 3 nitrogen and oxygen atoms in total. The zero-order chi connectivity index (χ0) is 12.4. The van der Waals surface area contributed by atoms with E-state index in [1.165, 1.54) is 44.8 Å². The summed E-state index contributed by atoms with van der Waals surface area (Å²) in [7, 11) is 0. The molecule has 0 spiro atoms. The van der Waals surface area contributed by atoms with Crippen molar-refractivity contribution >= 4 is 5.91 Å². The summed E-state index contributed by atoms with van der Waals surface area (Å²) in [6.07, 6.45) is 12.2. The van der Waals surface area contributed by atoms with Gasteiger partial charge in [-0.15, -0.1) is 0 Å². The Labute approximate surface area is 108 Å². The normalized spacial score (nSPS) is 31.7. The lowest BCUT2D eigenvalue weighted by Crippen LogP contribution is -2.46. The van der Waals surface area contributed by atoms with Gasteiger partial charge in [-0.2, -0.15) is 0 Å². The van der Waals surface area contributed by atoms with Crippen LogP contribution in [-0.2, 0) is 0 Å². The van der Waals surface area contributed by atoms with Crippen molar-refractivity contribution in [1.29, 1.82) is 0 Å². The number of carbonyl (C=O) groups is 1. The van der Waals surface area contributed by atoms with E-state index in [9.17, 15) is 4.79 Å². The molecule has 2 aliphatic carbocycles. The Morgan fingerprint density at radius 3 is 2.83 bits per heavy atom. The Balaban J connectivity index is 1.66. The maximum absolute atomic E-state index is 12.1. The Hall–Kier alpha value is -1.25. The summed E-state index contributed by atoms with van der Waals surface area (Å²) < 4.78 is 4.97. The van der Waals surface area contributed by atoms with Crippen LogP contribution < -0.4 is 5.32 Å². The van der Waals surface area contributed by atoms with Crippen LogP contribution in [0.5, 0.6) is 0 Å². The molecule has 3 heteroatoms. The third-order valence-electron chi connectivity index (χ3n) is 4.67. The van der Waals surface area contributed by atoms with Crippen molar-refractivity contribution in [3.05, 3.63) is 24.2 Å². The van der Waals surface area contributed by atoms with Gasteiger partial charge in [-0.3, -0.25) is 4.79 Å². The van der Waals surface area contributed by atoms with Gasteiger partial charge in [-0.1, -0.05) is 32.1 Å². The van der Waals surface area contributed by atoms with Crippen LogP contribution in [0.25, 0.3) is 0 Å². The summed E-state index contributed by atoms with van der Waals surface area (Å²) in [5.74, 6) is 1.59. The van der Waals surface area contributed by atoms with Gasteiger partial charge in [-0.05, 0) is 30.7 Å². The summed E-state index contributed by atoms with van der Waals surface area (Å²) >= 11 is 0. The van der Waals surface area contributed by atoms with Crippen molar-refractivity contribution in [2.24, 2.45) is 11.8 Å². The van der Waals surface area contributed by atoms with Crippen molar-refractivity contribution in [2.75, 3.05) is 0 Å². The highest BCUT2D eigenvalue weighted by Crippen LogP contribution is 2.40.